The Morgan fingerprint density at radius 3 is 2.58 bits per heavy atom. The van der Waals surface area contributed by atoms with Crippen LogP contribution >= 0.6 is 0 Å². The normalized spacial score (nSPS) is 10.3. The predicted molar refractivity (Wildman–Crippen MR) is 75.7 cm³/mol. The molecule has 0 fully saturated rings. The molecular weight excluding hydrogens is 244 g/mol. The molecular formula is C13H20N4O2. The smallest absolute Gasteiger partial charge is 0.250 e. The van der Waals surface area contributed by atoms with E-state index >= 15 is 0 Å². The van der Waals surface area contributed by atoms with Crippen LogP contribution in [0.5, 0.6) is 0 Å². The highest BCUT2D eigenvalue weighted by Crippen LogP contribution is 2.16. The van der Waals surface area contributed by atoms with Crippen molar-refractivity contribution in [3.63, 3.8) is 0 Å². The van der Waals surface area contributed by atoms with Gasteiger partial charge in [-0.05, 0) is 24.1 Å². The Hall–Kier alpha value is -2.24. The van der Waals surface area contributed by atoms with E-state index in [-0.39, 0.29) is 18.0 Å². The van der Waals surface area contributed by atoms with E-state index in [4.69, 9.17) is 11.5 Å². The van der Waals surface area contributed by atoms with Crippen LogP contribution in [0, 0.1) is 5.92 Å². The van der Waals surface area contributed by atoms with E-state index < -0.39 is 5.91 Å². The molecule has 0 aliphatic rings. The quantitative estimate of drug-likeness (QED) is 0.562. The monoisotopic (exact) mass is 264 g/mol. The molecule has 0 atom stereocenters. The first-order valence-corrected chi connectivity index (χ1v) is 6.10. The lowest BCUT2D eigenvalue weighted by Crippen LogP contribution is -2.32. The zero-order chi connectivity index (χ0) is 14.4. The van der Waals surface area contributed by atoms with Crippen LogP contribution in [-0.2, 0) is 4.79 Å². The number of nitrogens with one attached hydrogen (secondary N) is 2. The molecule has 0 saturated carbocycles. The molecule has 0 heterocycles. The van der Waals surface area contributed by atoms with Crippen molar-refractivity contribution in [2.45, 2.75) is 13.8 Å². The van der Waals surface area contributed by atoms with E-state index in [2.05, 4.69) is 10.6 Å². The van der Waals surface area contributed by atoms with E-state index in [1.54, 1.807) is 12.1 Å². The third-order valence-electron chi connectivity index (χ3n) is 2.48. The van der Waals surface area contributed by atoms with Gasteiger partial charge in [-0.1, -0.05) is 13.8 Å². The molecule has 0 unspecified atom stereocenters. The average Bonchev–Trinajstić information content (AvgIpc) is 2.35. The van der Waals surface area contributed by atoms with Crippen LogP contribution in [0.15, 0.2) is 18.2 Å². The van der Waals surface area contributed by atoms with Gasteiger partial charge in [0, 0.05) is 17.9 Å². The van der Waals surface area contributed by atoms with Gasteiger partial charge in [0.05, 0.1) is 12.1 Å². The van der Waals surface area contributed by atoms with Crippen LogP contribution in [0.2, 0.25) is 0 Å². The van der Waals surface area contributed by atoms with Crippen LogP contribution in [0.4, 0.5) is 11.4 Å². The van der Waals surface area contributed by atoms with Crippen molar-refractivity contribution in [2.24, 2.45) is 11.7 Å². The SMILES string of the molecule is CC(C)CNC(=O)CNc1ccc(N)c(C(N)=O)c1. The van der Waals surface area contributed by atoms with Crippen LogP contribution in [0.1, 0.15) is 24.2 Å². The minimum absolute atomic E-state index is 0.105. The number of hydrogen-bond donors (Lipinski definition) is 4. The van der Waals surface area contributed by atoms with Crippen molar-refractivity contribution in [1.29, 1.82) is 0 Å². The summed E-state index contributed by atoms with van der Waals surface area (Å²) in [6, 6.07) is 4.80. The minimum atomic E-state index is -0.592. The number of nitrogen functional groups attached to an aromatic ring is 1. The van der Waals surface area contributed by atoms with Crippen molar-refractivity contribution in [3.8, 4) is 0 Å². The fourth-order valence-electron chi connectivity index (χ4n) is 1.44. The van der Waals surface area contributed by atoms with Crippen molar-refractivity contribution in [3.05, 3.63) is 23.8 Å². The highest BCUT2D eigenvalue weighted by molar-refractivity contribution is 5.99. The molecule has 1 rings (SSSR count). The van der Waals surface area contributed by atoms with Gasteiger partial charge in [0.25, 0.3) is 5.91 Å². The number of carbonyl (C=O) groups is 2. The molecule has 0 saturated heterocycles. The Morgan fingerprint density at radius 2 is 2.00 bits per heavy atom. The maximum Gasteiger partial charge on any atom is 0.250 e. The molecule has 0 radical (unpaired) electrons. The lowest BCUT2D eigenvalue weighted by molar-refractivity contribution is -0.119. The zero-order valence-corrected chi connectivity index (χ0v) is 11.2. The Labute approximate surface area is 112 Å². The van der Waals surface area contributed by atoms with Crippen LogP contribution in [-0.4, -0.2) is 24.9 Å². The van der Waals surface area contributed by atoms with Crippen molar-refractivity contribution in [1.82, 2.24) is 5.32 Å². The van der Waals surface area contributed by atoms with Crippen molar-refractivity contribution >= 4 is 23.2 Å². The summed E-state index contributed by atoms with van der Waals surface area (Å²) in [7, 11) is 0. The molecule has 6 N–H and O–H groups in total. The highest BCUT2D eigenvalue weighted by Gasteiger charge is 2.07. The first-order chi connectivity index (χ1) is 8.90. The summed E-state index contributed by atoms with van der Waals surface area (Å²) in [5.74, 6) is -0.293. The number of nitrogens with two attached hydrogens (primary N) is 2. The second-order valence-electron chi connectivity index (χ2n) is 4.72. The second kappa shape index (κ2) is 6.63. The molecule has 104 valence electrons. The van der Waals surface area contributed by atoms with E-state index in [1.165, 1.54) is 6.07 Å². The fourth-order valence-corrected chi connectivity index (χ4v) is 1.44. The molecule has 2 amide bonds. The predicted octanol–water partition coefficient (Wildman–Crippen LogP) is 0.552. The first kappa shape index (κ1) is 14.8. The summed E-state index contributed by atoms with van der Waals surface area (Å²) >= 11 is 0. The summed E-state index contributed by atoms with van der Waals surface area (Å²) < 4.78 is 0. The maximum atomic E-state index is 11.5. The third-order valence-corrected chi connectivity index (χ3v) is 2.48. The summed E-state index contributed by atoms with van der Waals surface area (Å²) in [6.07, 6.45) is 0. The molecule has 0 spiro atoms. The van der Waals surface area contributed by atoms with Gasteiger partial charge in [-0.3, -0.25) is 9.59 Å². The number of primary amides is 1. The molecule has 0 bridgehead atoms. The molecule has 0 aliphatic heterocycles. The van der Waals surface area contributed by atoms with E-state index in [0.29, 0.717) is 23.8 Å². The van der Waals surface area contributed by atoms with Gasteiger partial charge in [0.1, 0.15) is 0 Å². The molecule has 6 heteroatoms. The number of benzene rings is 1. The molecule has 0 aromatic heterocycles. The highest BCUT2D eigenvalue weighted by atomic mass is 16.2. The molecule has 1 aromatic rings. The lowest BCUT2D eigenvalue weighted by atomic mass is 10.1. The van der Waals surface area contributed by atoms with Crippen LogP contribution < -0.4 is 22.1 Å². The Kier molecular flexibility index (Phi) is 5.17. The second-order valence-corrected chi connectivity index (χ2v) is 4.72. The van der Waals surface area contributed by atoms with Gasteiger partial charge in [-0.2, -0.15) is 0 Å². The Morgan fingerprint density at radius 1 is 1.32 bits per heavy atom. The summed E-state index contributed by atoms with van der Waals surface area (Å²) in [5, 5.41) is 5.70. The van der Waals surface area contributed by atoms with Gasteiger partial charge in [0.2, 0.25) is 5.91 Å². The molecule has 0 aliphatic carbocycles. The van der Waals surface area contributed by atoms with Gasteiger partial charge in [-0.15, -0.1) is 0 Å². The van der Waals surface area contributed by atoms with Crippen LogP contribution in [0.25, 0.3) is 0 Å². The zero-order valence-electron chi connectivity index (χ0n) is 11.2. The minimum Gasteiger partial charge on any atom is -0.398 e. The summed E-state index contributed by atoms with van der Waals surface area (Å²) in [6.45, 7) is 4.81. The lowest BCUT2D eigenvalue weighted by Gasteiger charge is -2.10. The van der Waals surface area contributed by atoms with E-state index in [0.717, 1.165) is 0 Å². The first-order valence-electron chi connectivity index (χ1n) is 6.10. The summed E-state index contributed by atoms with van der Waals surface area (Å²) in [4.78, 5) is 22.6. The molecule has 6 nitrogen and oxygen atoms in total. The maximum absolute atomic E-state index is 11.5. The average molecular weight is 264 g/mol. The van der Waals surface area contributed by atoms with E-state index in [1.807, 2.05) is 13.8 Å². The topological polar surface area (TPSA) is 110 Å². The number of hydrogen-bond acceptors (Lipinski definition) is 4. The van der Waals surface area contributed by atoms with Crippen molar-refractivity contribution < 1.29 is 9.59 Å². The third kappa shape index (κ3) is 4.87. The Balaban J connectivity index is 2.56. The standard InChI is InChI=1S/C13H20N4O2/c1-8(2)6-17-12(18)7-16-9-3-4-11(14)10(5-9)13(15)19/h3-5,8,16H,6-7,14H2,1-2H3,(H2,15,19)(H,17,18). The van der Waals surface area contributed by atoms with Gasteiger partial charge < -0.3 is 22.1 Å². The van der Waals surface area contributed by atoms with Crippen LogP contribution in [0.3, 0.4) is 0 Å². The number of rotatable bonds is 6. The molecule has 1 aromatic carbocycles. The van der Waals surface area contributed by atoms with E-state index in [9.17, 15) is 9.59 Å². The van der Waals surface area contributed by atoms with Gasteiger partial charge >= 0.3 is 0 Å². The number of anilines is 2. The summed E-state index contributed by atoms with van der Waals surface area (Å²) in [5.41, 5.74) is 12.0. The largest absolute Gasteiger partial charge is 0.398 e. The Bertz CT molecular complexity index is 472. The van der Waals surface area contributed by atoms with Gasteiger partial charge in [-0.25, -0.2) is 0 Å². The van der Waals surface area contributed by atoms with Gasteiger partial charge in [0.15, 0.2) is 0 Å². The number of amides is 2. The number of carbonyl (C=O) groups excluding carboxylic acids is 2. The van der Waals surface area contributed by atoms with Crippen molar-refractivity contribution in [2.75, 3.05) is 24.1 Å². The molecule has 19 heavy (non-hydrogen) atoms. The fraction of sp³-hybridized carbons (Fsp3) is 0.385.